The molecular weight excluding hydrogens is 295 g/mol. The quantitative estimate of drug-likeness (QED) is 0.514. The van der Waals surface area contributed by atoms with E-state index in [9.17, 15) is 14.7 Å². The number of carbonyl (C=O) groups is 2. The maximum Gasteiger partial charge on any atom is 1.00 e. The monoisotopic (exact) mass is 308 g/mol. The number of thioether (sulfide) groups is 1. The van der Waals surface area contributed by atoms with Gasteiger partial charge in [-0.25, -0.2) is 0 Å². The fourth-order valence-corrected chi connectivity index (χ4v) is 4.36. The van der Waals surface area contributed by atoms with Gasteiger partial charge in [-0.2, -0.15) is 0 Å². The van der Waals surface area contributed by atoms with Crippen LogP contribution in [0.3, 0.4) is 0 Å². The maximum atomic E-state index is 11.5. The van der Waals surface area contributed by atoms with Gasteiger partial charge in [0.1, 0.15) is 6.10 Å². The van der Waals surface area contributed by atoms with Gasteiger partial charge in [0, 0.05) is 23.2 Å². The van der Waals surface area contributed by atoms with Gasteiger partial charge in [0.2, 0.25) is 0 Å². The smallest absolute Gasteiger partial charge is 0.550 e. The first-order valence-corrected chi connectivity index (χ1v) is 7.45. The topological polar surface area (TPSA) is 66.4 Å². The average molecular weight is 308 g/mol. The van der Waals surface area contributed by atoms with Crippen molar-refractivity contribution in [3.63, 3.8) is 0 Å². The van der Waals surface area contributed by atoms with Crippen molar-refractivity contribution >= 4 is 35.0 Å². The van der Waals surface area contributed by atoms with Crippen molar-refractivity contribution in [2.24, 2.45) is 0 Å². The van der Waals surface area contributed by atoms with E-state index in [1.807, 2.05) is 11.4 Å². The Labute approximate surface area is 142 Å². The molecule has 0 bridgehead atoms. The van der Waals surface area contributed by atoms with Crippen LogP contribution in [0.25, 0.3) is 0 Å². The van der Waals surface area contributed by atoms with Gasteiger partial charge in [0.05, 0.1) is 10.6 Å². The number of carboxylic acids is 1. The third-order valence-electron chi connectivity index (χ3n) is 2.67. The summed E-state index contributed by atoms with van der Waals surface area (Å²) in [6, 6.07) is 1.97. The molecule has 0 N–H and O–H groups in total. The van der Waals surface area contributed by atoms with Crippen molar-refractivity contribution in [3.8, 4) is 0 Å². The van der Waals surface area contributed by atoms with E-state index in [4.69, 9.17) is 4.74 Å². The second-order valence-electron chi connectivity index (χ2n) is 4.18. The molecule has 0 aliphatic carbocycles. The summed E-state index contributed by atoms with van der Waals surface area (Å²) >= 11 is 3.44. The third kappa shape index (κ3) is 4.79. The summed E-state index contributed by atoms with van der Waals surface area (Å²) < 4.78 is 6.55. The molecule has 0 saturated carbocycles. The molecule has 1 aliphatic heterocycles. The minimum Gasteiger partial charge on any atom is -0.550 e. The zero-order valence-corrected chi connectivity index (χ0v) is 14.5. The van der Waals surface area contributed by atoms with E-state index in [0.29, 0.717) is 5.25 Å². The van der Waals surface area contributed by atoms with Gasteiger partial charge in [0.15, 0.2) is 0 Å². The van der Waals surface area contributed by atoms with Crippen LogP contribution in [-0.4, -0.2) is 17.2 Å². The van der Waals surface area contributed by atoms with E-state index >= 15 is 0 Å². The van der Waals surface area contributed by atoms with Crippen LogP contribution in [0.5, 0.6) is 0 Å². The third-order valence-corrected chi connectivity index (χ3v) is 5.01. The van der Waals surface area contributed by atoms with Crippen molar-refractivity contribution in [2.45, 2.75) is 41.7 Å². The summed E-state index contributed by atoms with van der Waals surface area (Å²) in [5, 5.41) is 12.7. The largest absolute Gasteiger partial charge is 1.00 e. The summed E-state index contributed by atoms with van der Waals surface area (Å²) in [4.78, 5) is 21.8. The number of esters is 1. The molecule has 1 aromatic heterocycles. The first-order valence-electron chi connectivity index (χ1n) is 5.69. The number of rotatable bonds is 4. The van der Waals surface area contributed by atoms with Gasteiger partial charge in [-0.3, -0.25) is 4.79 Å². The fraction of sp³-hybridized carbons (Fsp3) is 0.500. The molecule has 2 rings (SSSR count). The molecule has 0 amide bonds. The Kier molecular flexibility index (Phi) is 6.90. The summed E-state index contributed by atoms with van der Waals surface area (Å²) in [7, 11) is 0. The molecule has 0 radical (unpaired) electrons. The number of fused-ring (bicyclic) bond motifs is 1. The Hall–Kier alpha value is -0.01000. The number of carboxylic acid groups (broad SMARTS) is 1. The van der Waals surface area contributed by atoms with Gasteiger partial charge in [-0.1, -0.05) is 6.92 Å². The molecule has 1 aliphatic rings. The Morgan fingerprint density at radius 3 is 2.89 bits per heavy atom. The molecule has 4 nitrogen and oxygen atoms in total. The number of hydrogen-bond acceptors (Lipinski definition) is 6. The normalized spacial score (nSPS) is 21.1. The molecule has 2 atom stereocenters. The second kappa shape index (κ2) is 7.69. The molecule has 1 aromatic rings. The minimum atomic E-state index is -1.23. The van der Waals surface area contributed by atoms with Crippen LogP contribution < -0.4 is 34.7 Å². The number of hydrogen-bond donors (Lipinski definition) is 0. The van der Waals surface area contributed by atoms with Crippen LogP contribution in [0.15, 0.2) is 15.7 Å². The van der Waals surface area contributed by atoms with Crippen molar-refractivity contribution in [1.29, 1.82) is 0 Å². The number of carbonyl (C=O) groups excluding carboxylic acids is 2. The molecule has 19 heavy (non-hydrogen) atoms. The van der Waals surface area contributed by atoms with Gasteiger partial charge < -0.3 is 14.6 Å². The summed E-state index contributed by atoms with van der Waals surface area (Å²) in [6.45, 7) is 2.09. The predicted octanol–water partition coefficient (Wildman–Crippen LogP) is -1.25. The fourth-order valence-electron chi connectivity index (χ4n) is 1.83. The SMILES string of the molecule is C[C@H]1C[C@@H](OC(=O)CCC(=O)[O-])c2ccsc2S1.[Na+]. The Morgan fingerprint density at radius 1 is 1.47 bits per heavy atom. The van der Waals surface area contributed by atoms with Crippen molar-refractivity contribution in [2.75, 3.05) is 0 Å². The molecule has 2 heterocycles. The van der Waals surface area contributed by atoms with Crippen molar-refractivity contribution in [3.05, 3.63) is 17.0 Å². The number of aliphatic carboxylic acids is 1. The summed E-state index contributed by atoms with van der Waals surface area (Å²) in [5.74, 6) is -1.70. The van der Waals surface area contributed by atoms with Gasteiger partial charge >= 0.3 is 35.5 Å². The van der Waals surface area contributed by atoms with Gasteiger partial charge in [-0.05, 0) is 17.9 Å². The van der Waals surface area contributed by atoms with E-state index < -0.39 is 11.9 Å². The van der Waals surface area contributed by atoms with Crippen LogP contribution in [0.1, 0.15) is 37.9 Å². The predicted molar refractivity (Wildman–Crippen MR) is 67.3 cm³/mol. The van der Waals surface area contributed by atoms with Crippen LogP contribution in [0.4, 0.5) is 0 Å². The zero-order valence-electron chi connectivity index (χ0n) is 10.9. The molecular formula is C12H13NaO4S2. The van der Waals surface area contributed by atoms with E-state index in [-0.39, 0.29) is 48.5 Å². The van der Waals surface area contributed by atoms with Gasteiger partial charge in [0.25, 0.3) is 0 Å². The average Bonchev–Trinajstić information content (AvgIpc) is 2.74. The molecule has 0 spiro atoms. The van der Waals surface area contributed by atoms with Crippen molar-refractivity contribution in [1.82, 2.24) is 0 Å². The maximum absolute atomic E-state index is 11.5. The van der Waals surface area contributed by atoms with E-state index in [1.54, 1.807) is 23.1 Å². The number of thiophene rings is 1. The molecule has 0 unspecified atom stereocenters. The Balaban J connectivity index is 0.00000180. The Morgan fingerprint density at radius 2 is 2.21 bits per heavy atom. The molecule has 98 valence electrons. The molecule has 0 saturated heterocycles. The minimum absolute atomic E-state index is 0. The second-order valence-corrected chi connectivity index (χ2v) is 6.80. The van der Waals surface area contributed by atoms with E-state index in [1.165, 1.54) is 4.21 Å². The first kappa shape index (κ1) is 17.0. The van der Waals surface area contributed by atoms with E-state index in [0.717, 1.165) is 12.0 Å². The van der Waals surface area contributed by atoms with Crippen LogP contribution >= 0.6 is 23.1 Å². The molecule has 0 aromatic carbocycles. The van der Waals surface area contributed by atoms with E-state index in [2.05, 4.69) is 6.92 Å². The van der Waals surface area contributed by atoms with Crippen molar-refractivity contribution < 1.29 is 49.0 Å². The first-order chi connectivity index (χ1) is 8.56. The zero-order chi connectivity index (χ0) is 13.1. The van der Waals surface area contributed by atoms with Crippen LogP contribution in [0.2, 0.25) is 0 Å². The standard InChI is InChI=1S/C12H14O4S2.Na/c1-7-6-9(8-4-5-17-12(8)18-7)16-11(15)3-2-10(13)14;/h4-5,7,9H,2-3,6H2,1H3,(H,13,14);/q;+1/p-1/t7-,9+;/m0./s1. The van der Waals surface area contributed by atoms with Gasteiger partial charge in [-0.15, -0.1) is 23.1 Å². The summed E-state index contributed by atoms with van der Waals surface area (Å²) in [6.07, 6.45) is 0.120. The molecule has 7 heteroatoms. The summed E-state index contributed by atoms with van der Waals surface area (Å²) in [5.41, 5.74) is 1.05. The number of ether oxygens (including phenoxy) is 1. The van der Waals surface area contributed by atoms with Crippen LogP contribution in [-0.2, 0) is 14.3 Å². The Bertz CT molecular complexity index is 460. The van der Waals surface area contributed by atoms with Crippen LogP contribution in [0, 0.1) is 0 Å². The molecule has 0 fully saturated rings.